The second-order valence-corrected chi connectivity index (χ2v) is 8.40. The molecule has 6 nitrogen and oxygen atoms in total. The Morgan fingerprint density at radius 2 is 1.59 bits per heavy atom. The third kappa shape index (κ3) is 2.93. The molecule has 5 rings (SSSR count). The molecule has 0 atom stereocenters. The van der Waals surface area contributed by atoms with Crippen LogP contribution in [0.15, 0.2) is 77.3 Å². The standard InChI is InChI=1S/C25H15BrN2O4/c1-14-12-15(10-11-20(14)26)22-17-8-5-9-18-23(17)19(13-21(22)28(31)32)25(30)27(24(18)29)16-6-3-2-4-7-16/h2-13H,1H3. The highest BCUT2D eigenvalue weighted by molar-refractivity contribution is 9.10. The third-order valence-corrected chi connectivity index (χ3v) is 6.55. The molecule has 4 aromatic carbocycles. The number of aryl methyl sites for hydroxylation is 1. The number of nitrogens with zero attached hydrogens (tertiary/aromatic N) is 2. The van der Waals surface area contributed by atoms with Gasteiger partial charge in [-0.15, -0.1) is 0 Å². The number of halogens is 1. The summed E-state index contributed by atoms with van der Waals surface area (Å²) in [7, 11) is 0. The summed E-state index contributed by atoms with van der Waals surface area (Å²) in [6.07, 6.45) is 0. The second-order valence-electron chi connectivity index (χ2n) is 7.55. The number of carbonyl (C=O) groups is 2. The number of nitro groups is 1. The lowest BCUT2D eigenvalue weighted by Gasteiger charge is -2.27. The summed E-state index contributed by atoms with van der Waals surface area (Å²) in [6, 6.07) is 20.4. The molecule has 1 aliphatic heterocycles. The van der Waals surface area contributed by atoms with Gasteiger partial charge in [-0.2, -0.15) is 0 Å². The van der Waals surface area contributed by atoms with E-state index < -0.39 is 16.7 Å². The Labute approximate surface area is 191 Å². The van der Waals surface area contributed by atoms with Gasteiger partial charge in [0.2, 0.25) is 0 Å². The lowest BCUT2D eigenvalue weighted by Crippen LogP contribution is -2.40. The molecule has 0 N–H and O–H groups in total. The molecule has 156 valence electrons. The summed E-state index contributed by atoms with van der Waals surface area (Å²) in [5.41, 5.74) is 2.67. The van der Waals surface area contributed by atoms with Gasteiger partial charge in [-0.3, -0.25) is 19.7 Å². The molecule has 0 radical (unpaired) electrons. The number of benzene rings is 4. The highest BCUT2D eigenvalue weighted by atomic mass is 79.9. The first-order valence-corrected chi connectivity index (χ1v) is 10.6. The Balaban J connectivity index is 1.86. The molecule has 1 aliphatic rings. The van der Waals surface area contributed by atoms with Crippen LogP contribution >= 0.6 is 15.9 Å². The number of amides is 2. The van der Waals surface area contributed by atoms with Crippen molar-refractivity contribution >= 4 is 49.9 Å². The van der Waals surface area contributed by atoms with Crippen molar-refractivity contribution in [1.82, 2.24) is 0 Å². The zero-order valence-electron chi connectivity index (χ0n) is 16.8. The predicted octanol–water partition coefficient (Wildman–Crippen LogP) is 6.29. The van der Waals surface area contributed by atoms with E-state index in [-0.39, 0.29) is 11.3 Å². The van der Waals surface area contributed by atoms with Gasteiger partial charge >= 0.3 is 0 Å². The quantitative estimate of drug-likeness (QED) is 0.193. The van der Waals surface area contributed by atoms with Crippen molar-refractivity contribution in [3.63, 3.8) is 0 Å². The van der Waals surface area contributed by atoms with Crippen LogP contribution in [0.2, 0.25) is 0 Å². The van der Waals surface area contributed by atoms with Gasteiger partial charge in [-0.05, 0) is 47.7 Å². The molecular weight excluding hydrogens is 472 g/mol. The average molecular weight is 487 g/mol. The van der Waals surface area contributed by atoms with Gasteiger partial charge in [-0.25, -0.2) is 4.90 Å². The molecule has 32 heavy (non-hydrogen) atoms. The number of imide groups is 1. The van der Waals surface area contributed by atoms with Crippen molar-refractivity contribution in [3.8, 4) is 11.1 Å². The minimum atomic E-state index is -0.577. The Morgan fingerprint density at radius 3 is 2.28 bits per heavy atom. The molecule has 0 saturated heterocycles. The number of anilines is 1. The predicted molar refractivity (Wildman–Crippen MR) is 126 cm³/mol. The minimum Gasteiger partial charge on any atom is -0.268 e. The van der Waals surface area contributed by atoms with E-state index in [1.54, 1.807) is 54.6 Å². The lowest BCUT2D eigenvalue weighted by molar-refractivity contribution is -0.384. The van der Waals surface area contributed by atoms with Crippen molar-refractivity contribution in [3.05, 3.63) is 104 Å². The monoisotopic (exact) mass is 486 g/mol. The minimum absolute atomic E-state index is 0.142. The Hall–Kier alpha value is -3.84. The van der Waals surface area contributed by atoms with Crippen LogP contribution in [0.25, 0.3) is 21.9 Å². The van der Waals surface area contributed by atoms with Crippen LogP contribution in [0.4, 0.5) is 11.4 Å². The molecule has 0 bridgehead atoms. The summed E-state index contributed by atoms with van der Waals surface area (Å²) in [5, 5.41) is 13.0. The van der Waals surface area contributed by atoms with Crippen LogP contribution in [0, 0.1) is 17.0 Å². The maximum atomic E-state index is 13.4. The van der Waals surface area contributed by atoms with E-state index in [1.165, 1.54) is 6.07 Å². The maximum absolute atomic E-state index is 13.4. The van der Waals surface area contributed by atoms with Gasteiger partial charge in [0, 0.05) is 21.5 Å². The SMILES string of the molecule is Cc1cc(-c2c([N+](=O)[O-])cc3c4c(cccc24)C(=O)N(c2ccccc2)C3=O)ccc1Br. The highest BCUT2D eigenvalue weighted by Gasteiger charge is 2.37. The number of rotatable bonds is 3. The van der Waals surface area contributed by atoms with Gasteiger partial charge in [0.05, 0.1) is 21.7 Å². The van der Waals surface area contributed by atoms with Crippen molar-refractivity contribution in [2.24, 2.45) is 0 Å². The summed E-state index contributed by atoms with van der Waals surface area (Å²) in [6.45, 7) is 1.90. The van der Waals surface area contributed by atoms with Crippen LogP contribution in [-0.2, 0) is 0 Å². The van der Waals surface area contributed by atoms with Crippen LogP contribution in [0.3, 0.4) is 0 Å². The van der Waals surface area contributed by atoms with Crippen LogP contribution in [0.1, 0.15) is 26.3 Å². The molecular formula is C25H15BrN2O4. The fraction of sp³-hybridized carbons (Fsp3) is 0.0400. The van der Waals surface area contributed by atoms with E-state index in [9.17, 15) is 19.7 Å². The summed E-state index contributed by atoms with van der Waals surface area (Å²) < 4.78 is 0.885. The molecule has 1 heterocycles. The Morgan fingerprint density at radius 1 is 0.875 bits per heavy atom. The van der Waals surface area contributed by atoms with E-state index in [0.29, 0.717) is 33.2 Å². The normalized spacial score (nSPS) is 13.0. The number of hydrogen-bond donors (Lipinski definition) is 0. The van der Waals surface area contributed by atoms with Gasteiger partial charge in [-0.1, -0.05) is 58.4 Å². The molecule has 7 heteroatoms. The first-order valence-electron chi connectivity index (χ1n) is 9.83. The molecule has 0 unspecified atom stereocenters. The van der Waals surface area contributed by atoms with Crippen LogP contribution in [-0.4, -0.2) is 16.7 Å². The van der Waals surface area contributed by atoms with E-state index in [2.05, 4.69) is 15.9 Å². The smallest absolute Gasteiger partial charge is 0.268 e. The van der Waals surface area contributed by atoms with Gasteiger partial charge < -0.3 is 0 Å². The molecule has 0 aliphatic carbocycles. The molecule has 0 spiro atoms. The van der Waals surface area contributed by atoms with Crippen molar-refractivity contribution in [2.75, 3.05) is 4.90 Å². The number of carbonyl (C=O) groups excluding carboxylic acids is 2. The van der Waals surface area contributed by atoms with E-state index in [1.807, 2.05) is 19.1 Å². The largest absolute Gasteiger partial charge is 0.278 e. The van der Waals surface area contributed by atoms with E-state index in [4.69, 9.17) is 0 Å². The fourth-order valence-corrected chi connectivity index (χ4v) is 4.46. The second kappa shape index (κ2) is 7.39. The van der Waals surface area contributed by atoms with Crippen LogP contribution < -0.4 is 4.90 Å². The highest BCUT2D eigenvalue weighted by Crippen LogP contribution is 2.43. The number of para-hydroxylation sites is 1. The molecule has 2 amide bonds. The average Bonchev–Trinajstić information content (AvgIpc) is 2.79. The third-order valence-electron chi connectivity index (χ3n) is 5.67. The van der Waals surface area contributed by atoms with Gasteiger partial charge in [0.1, 0.15) is 0 Å². The summed E-state index contributed by atoms with van der Waals surface area (Å²) in [4.78, 5) is 39.4. The van der Waals surface area contributed by atoms with Crippen molar-refractivity contribution in [1.29, 1.82) is 0 Å². The van der Waals surface area contributed by atoms with Crippen LogP contribution in [0.5, 0.6) is 0 Å². The first-order chi connectivity index (χ1) is 15.4. The molecule has 0 fully saturated rings. The molecule has 0 aromatic heterocycles. The molecule has 0 saturated carbocycles. The number of nitro benzene ring substituents is 1. The first kappa shape index (κ1) is 20.1. The van der Waals surface area contributed by atoms with Gasteiger partial charge in [0.25, 0.3) is 17.5 Å². The summed E-state index contributed by atoms with van der Waals surface area (Å²) >= 11 is 3.46. The topological polar surface area (TPSA) is 80.5 Å². The Bertz CT molecular complexity index is 1460. The maximum Gasteiger partial charge on any atom is 0.278 e. The lowest BCUT2D eigenvalue weighted by atomic mass is 9.87. The summed E-state index contributed by atoms with van der Waals surface area (Å²) in [5.74, 6) is -1.03. The van der Waals surface area contributed by atoms with Gasteiger partial charge in [0.15, 0.2) is 0 Å². The Kier molecular flexibility index (Phi) is 4.64. The zero-order valence-corrected chi connectivity index (χ0v) is 18.4. The zero-order chi connectivity index (χ0) is 22.6. The number of hydrogen-bond acceptors (Lipinski definition) is 4. The van der Waals surface area contributed by atoms with Crippen molar-refractivity contribution in [2.45, 2.75) is 6.92 Å². The van der Waals surface area contributed by atoms with E-state index in [0.717, 1.165) is 14.9 Å². The molecule has 4 aromatic rings. The fourth-order valence-electron chi connectivity index (χ4n) is 4.21. The van der Waals surface area contributed by atoms with E-state index >= 15 is 0 Å². The van der Waals surface area contributed by atoms with Crippen molar-refractivity contribution < 1.29 is 14.5 Å².